The van der Waals surface area contributed by atoms with Gasteiger partial charge in [0.25, 0.3) is 0 Å². The highest BCUT2D eigenvalue weighted by atomic mass is 16.4. The molecule has 1 saturated carbocycles. The fourth-order valence-corrected chi connectivity index (χ4v) is 1.26. The van der Waals surface area contributed by atoms with E-state index < -0.39 is 22.8 Å². The third-order valence-corrected chi connectivity index (χ3v) is 2.70. The summed E-state index contributed by atoms with van der Waals surface area (Å²) in [7, 11) is 0. The Bertz CT molecular complexity index is 211. The van der Waals surface area contributed by atoms with Gasteiger partial charge in [0.15, 0.2) is 0 Å². The molecule has 0 amide bonds. The molecule has 0 aromatic carbocycles. The molecule has 0 aromatic heterocycles. The van der Waals surface area contributed by atoms with Crippen molar-refractivity contribution < 1.29 is 19.8 Å². The van der Waals surface area contributed by atoms with Crippen molar-refractivity contribution in [3.05, 3.63) is 0 Å². The SMILES string of the molecule is C[C@]1(C(=O)[O-])C[C@]1(C)C(=O)[O-]. The fourth-order valence-electron chi connectivity index (χ4n) is 1.26. The van der Waals surface area contributed by atoms with Crippen molar-refractivity contribution in [3.63, 3.8) is 0 Å². The Kier molecular flexibility index (Phi) is 1.28. The molecule has 0 unspecified atom stereocenters. The zero-order valence-corrected chi connectivity index (χ0v) is 6.34. The summed E-state index contributed by atoms with van der Waals surface area (Å²) in [4.78, 5) is 20.8. The molecular formula is C7H8O4-2. The average molecular weight is 156 g/mol. The molecule has 62 valence electrons. The van der Waals surface area contributed by atoms with Crippen molar-refractivity contribution in [3.8, 4) is 0 Å². The number of hydrogen-bond donors (Lipinski definition) is 0. The molecule has 4 heteroatoms. The van der Waals surface area contributed by atoms with E-state index in [9.17, 15) is 19.8 Å². The van der Waals surface area contributed by atoms with Crippen molar-refractivity contribution >= 4 is 11.9 Å². The van der Waals surface area contributed by atoms with Crippen LogP contribution < -0.4 is 10.2 Å². The van der Waals surface area contributed by atoms with Gasteiger partial charge in [-0.15, -0.1) is 0 Å². The van der Waals surface area contributed by atoms with E-state index in [-0.39, 0.29) is 6.42 Å². The Hall–Kier alpha value is -1.06. The van der Waals surface area contributed by atoms with Gasteiger partial charge in [0.2, 0.25) is 0 Å². The maximum atomic E-state index is 10.4. The maximum Gasteiger partial charge on any atom is 0.0483 e. The lowest BCUT2D eigenvalue weighted by Gasteiger charge is -2.20. The fraction of sp³-hybridized carbons (Fsp3) is 0.714. The molecule has 0 saturated heterocycles. The number of carbonyl (C=O) groups excluding carboxylic acids is 2. The topological polar surface area (TPSA) is 80.3 Å². The van der Waals surface area contributed by atoms with Crippen LogP contribution in [0.4, 0.5) is 0 Å². The van der Waals surface area contributed by atoms with Crippen LogP contribution in [0.3, 0.4) is 0 Å². The molecule has 0 heterocycles. The van der Waals surface area contributed by atoms with Crippen molar-refractivity contribution in [2.24, 2.45) is 10.8 Å². The van der Waals surface area contributed by atoms with Crippen LogP contribution in [0.1, 0.15) is 20.3 Å². The van der Waals surface area contributed by atoms with Crippen LogP contribution in [0.15, 0.2) is 0 Å². The van der Waals surface area contributed by atoms with Crippen molar-refractivity contribution in [1.29, 1.82) is 0 Å². The Labute approximate surface area is 63.8 Å². The van der Waals surface area contributed by atoms with E-state index in [1.165, 1.54) is 13.8 Å². The van der Waals surface area contributed by atoms with Gasteiger partial charge in [-0.1, -0.05) is 13.8 Å². The number of carboxylic acid groups (broad SMARTS) is 2. The molecule has 1 fully saturated rings. The van der Waals surface area contributed by atoms with Crippen LogP contribution in [-0.4, -0.2) is 11.9 Å². The van der Waals surface area contributed by atoms with Crippen LogP contribution in [0.5, 0.6) is 0 Å². The summed E-state index contributed by atoms with van der Waals surface area (Å²) in [6.45, 7) is 2.72. The minimum Gasteiger partial charge on any atom is -0.550 e. The van der Waals surface area contributed by atoms with E-state index in [1.807, 2.05) is 0 Å². The van der Waals surface area contributed by atoms with Gasteiger partial charge >= 0.3 is 0 Å². The Morgan fingerprint density at radius 2 is 1.36 bits per heavy atom. The molecule has 0 N–H and O–H groups in total. The Balaban J connectivity index is 2.87. The van der Waals surface area contributed by atoms with Crippen molar-refractivity contribution in [1.82, 2.24) is 0 Å². The first-order valence-electron chi connectivity index (χ1n) is 3.27. The lowest BCUT2D eigenvalue weighted by molar-refractivity contribution is -0.325. The Morgan fingerprint density at radius 1 is 1.09 bits per heavy atom. The van der Waals surface area contributed by atoms with Gasteiger partial charge in [0.1, 0.15) is 0 Å². The third kappa shape index (κ3) is 0.751. The van der Waals surface area contributed by atoms with Crippen LogP contribution in [0, 0.1) is 10.8 Å². The second kappa shape index (κ2) is 1.75. The number of carbonyl (C=O) groups is 2. The summed E-state index contributed by atoms with van der Waals surface area (Å²) in [5.74, 6) is -2.63. The lowest BCUT2D eigenvalue weighted by atomic mass is 9.97. The highest BCUT2D eigenvalue weighted by molar-refractivity contribution is 5.90. The van der Waals surface area contributed by atoms with Crippen LogP contribution in [-0.2, 0) is 9.59 Å². The maximum absolute atomic E-state index is 10.4. The number of hydrogen-bond acceptors (Lipinski definition) is 4. The molecule has 1 aliphatic carbocycles. The number of rotatable bonds is 2. The predicted molar refractivity (Wildman–Crippen MR) is 30.8 cm³/mol. The molecule has 0 bridgehead atoms. The van der Waals surface area contributed by atoms with Gasteiger partial charge in [-0.2, -0.15) is 0 Å². The van der Waals surface area contributed by atoms with Crippen molar-refractivity contribution in [2.45, 2.75) is 20.3 Å². The molecule has 0 radical (unpaired) electrons. The van der Waals surface area contributed by atoms with Crippen LogP contribution >= 0.6 is 0 Å². The van der Waals surface area contributed by atoms with Gasteiger partial charge in [-0.3, -0.25) is 0 Å². The second-order valence-corrected chi connectivity index (χ2v) is 3.42. The zero-order valence-electron chi connectivity index (χ0n) is 6.34. The average Bonchev–Trinajstić information content (AvgIpc) is 2.39. The van der Waals surface area contributed by atoms with Gasteiger partial charge in [0, 0.05) is 22.8 Å². The predicted octanol–water partition coefficient (Wildman–Crippen LogP) is -2.10. The summed E-state index contributed by atoms with van der Waals surface area (Å²) < 4.78 is 0. The standard InChI is InChI=1S/C7H10O4/c1-6(4(8)9)3-7(6,2)5(10)11/h3H2,1-2H3,(H,8,9)(H,10,11)/p-2/t6-,7-/m1/s1. The molecule has 0 spiro atoms. The molecule has 0 aliphatic heterocycles. The normalized spacial score (nSPS) is 41.6. The van der Waals surface area contributed by atoms with E-state index in [1.54, 1.807) is 0 Å². The minimum atomic E-state index is -1.32. The molecule has 2 atom stereocenters. The summed E-state index contributed by atoms with van der Waals surface area (Å²) in [6.07, 6.45) is 0.102. The quantitative estimate of drug-likeness (QED) is 0.458. The van der Waals surface area contributed by atoms with Crippen LogP contribution in [0.2, 0.25) is 0 Å². The molecule has 1 rings (SSSR count). The third-order valence-electron chi connectivity index (χ3n) is 2.70. The summed E-state index contributed by atoms with van der Waals surface area (Å²) in [6, 6.07) is 0. The lowest BCUT2D eigenvalue weighted by Crippen LogP contribution is -2.41. The first-order chi connectivity index (χ1) is 4.84. The molecule has 11 heavy (non-hydrogen) atoms. The van der Waals surface area contributed by atoms with E-state index in [2.05, 4.69) is 0 Å². The van der Waals surface area contributed by atoms with E-state index in [0.717, 1.165) is 0 Å². The summed E-state index contributed by atoms with van der Waals surface area (Å²) >= 11 is 0. The molecular weight excluding hydrogens is 148 g/mol. The first kappa shape index (κ1) is 8.04. The summed E-state index contributed by atoms with van der Waals surface area (Å²) in [5, 5.41) is 20.8. The molecule has 0 aromatic rings. The van der Waals surface area contributed by atoms with Gasteiger partial charge in [0.05, 0.1) is 0 Å². The Morgan fingerprint density at radius 3 is 1.45 bits per heavy atom. The van der Waals surface area contributed by atoms with Gasteiger partial charge in [-0.05, 0) is 6.42 Å². The van der Waals surface area contributed by atoms with Crippen LogP contribution in [0.25, 0.3) is 0 Å². The highest BCUT2D eigenvalue weighted by Gasteiger charge is 2.63. The van der Waals surface area contributed by atoms with E-state index in [4.69, 9.17) is 0 Å². The number of aliphatic carboxylic acids is 2. The van der Waals surface area contributed by atoms with E-state index >= 15 is 0 Å². The molecule has 1 aliphatic rings. The molecule has 4 nitrogen and oxygen atoms in total. The first-order valence-corrected chi connectivity index (χ1v) is 3.27. The van der Waals surface area contributed by atoms with Gasteiger partial charge < -0.3 is 19.8 Å². The minimum absolute atomic E-state index is 0.102. The second-order valence-electron chi connectivity index (χ2n) is 3.42. The van der Waals surface area contributed by atoms with Gasteiger partial charge in [-0.25, -0.2) is 0 Å². The van der Waals surface area contributed by atoms with E-state index in [0.29, 0.717) is 0 Å². The zero-order chi connectivity index (χ0) is 8.86. The smallest absolute Gasteiger partial charge is 0.0483 e. The monoisotopic (exact) mass is 156 g/mol. The largest absolute Gasteiger partial charge is 0.550 e. The highest BCUT2D eigenvalue weighted by Crippen LogP contribution is 2.62. The van der Waals surface area contributed by atoms with Crippen molar-refractivity contribution in [2.75, 3.05) is 0 Å². The number of carboxylic acids is 2. The summed E-state index contributed by atoms with van der Waals surface area (Å²) in [5.41, 5.74) is -2.46.